The second-order valence-electron chi connectivity index (χ2n) is 5.29. The first kappa shape index (κ1) is 15.6. The number of nitrogens with one attached hydrogen (secondary N) is 3. The summed E-state index contributed by atoms with van der Waals surface area (Å²) in [6, 6.07) is 12.6. The van der Waals surface area contributed by atoms with Gasteiger partial charge in [-0.15, -0.1) is 11.3 Å². The lowest BCUT2D eigenvalue weighted by Crippen LogP contribution is -2.42. The van der Waals surface area contributed by atoms with Crippen LogP contribution >= 0.6 is 23.6 Å². The first-order valence-electron chi connectivity index (χ1n) is 7.26. The van der Waals surface area contributed by atoms with Crippen LogP contribution in [-0.4, -0.2) is 21.1 Å². The molecule has 0 aliphatic heterocycles. The van der Waals surface area contributed by atoms with Crippen molar-refractivity contribution in [1.29, 1.82) is 0 Å². The minimum absolute atomic E-state index is 0.272. The minimum atomic E-state index is 0.272. The highest BCUT2D eigenvalue weighted by atomic mass is 32.1. The van der Waals surface area contributed by atoms with E-state index in [0.29, 0.717) is 5.11 Å². The van der Waals surface area contributed by atoms with Gasteiger partial charge in [0.15, 0.2) is 10.9 Å². The Balaban J connectivity index is 1.84. The van der Waals surface area contributed by atoms with Gasteiger partial charge in [-0.2, -0.15) is 0 Å². The first-order chi connectivity index (χ1) is 11.1. The molecule has 0 fully saturated rings. The maximum Gasteiger partial charge on any atom is 0.185 e. The van der Waals surface area contributed by atoms with E-state index in [2.05, 4.69) is 44.3 Å². The van der Waals surface area contributed by atoms with E-state index in [1.807, 2.05) is 32.0 Å². The summed E-state index contributed by atoms with van der Waals surface area (Å²) in [5.74, 6) is 0.718. The van der Waals surface area contributed by atoms with Gasteiger partial charge < -0.3 is 5.32 Å². The highest BCUT2D eigenvalue weighted by molar-refractivity contribution is 7.80. The highest BCUT2D eigenvalue weighted by Gasteiger charge is 2.10. The molecule has 0 radical (unpaired) electrons. The Morgan fingerprint density at radius 3 is 2.70 bits per heavy atom. The monoisotopic (exact) mass is 343 g/mol. The third kappa shape index (κ3) is 3.75. The molecule has 3 rings (SSSR count). The molecule has 0 unspecified atom stereocenters. The number of aromatic nitrogens is 2. The summed E-state index contributed by atoms with van der Waals surface area (Å²) in [6.07, 6.45) is 1.55. The molecule has 7 heteroatoms. The maximum absolute atomic E-state index is 5.21. The number of anilines is 1. The third-order valence-electron chi connectivity index (χ3n) is 3.08. The van der Waals surface area contributed by atoms with Crippen molar-refractivity contribution >= 4 is 44.7 Å². The average Bonchev–Trinajstić information content (AvgIpc) is 2.98. The molecule has 118 valence electrons. The second-order valence-corrected chi connectivity index (χ2v) is 6.75. The molecular weight excluding hydrogens is 326 g/mol. The number of rotatable bonds is 4. The zero-order chi connectivity index (χ0) is 16.2. The largest absolute Gasteiger partial charge is 0.359 e. The van der Waals surface area contributed by atoms with E-state index in [9.17, 15) is 0 Å². The van der Waals surface area contributed by atoms with Crippen LogP contribution in [0.1, 0.15) is 13.8 Å². The van der Waals surface area contributed by atoms with Crippen molar-refractivity contribution in [2.24, 2.45) is 0 Å². The molecule has 5 nitrogen and oxygen atoms in total. The van der Waals surface area contributed by atoms with Crippen LogP contribution in [0.3, 0.4) is 0 Å². The SMILES string of the molecule is CC(C)NC(=S)NNc1ncnc2cc(-c3ccccc3)sc12. The van der Waals surface area contributed by atoms with Gasteiger partial charge in [0, 0.05) is 10.9 Å². The number of hydrazine groups is 1. The van der Waals surface area contributed by atoms with Gasteiger partial charge in [0.2, 0.25) is 0 Å². The zero-order valence-electron chi connectivity index (χ0n) is 12.8. The van der Waals surface area contributed by atoms with Gasteiger partial charge in [-0.05, 0) is 37.7 Å². The summed E-state index contributed by atoms with van der Waals surface area (Å²) in [5, 5.41) is 3.64. The Morgan fingerprint density at radius 1 is 1.17 bits per heavy atom. The highest BCUT2D eigenvalue weighted by Crippen LogP contribution is 2.35. The number of nitrogens with zero attached hydrogens (tertiary/aromatic N) is 2. The van der Waals surface area contributed by atoms with E-state index in [-0.39, 0.29) is 6.04 Å². The second kappa shape index (κ2) is 6.89. The fraction of sp³-hybridized carbons (Fsp3) is 0.188. The molecule has 2 heterocycles. The van der Waals surface area contributed by atoms with Crippen LogP contribution in [0.4, 0.5) is 5.82 Å². The smallest absolute Gasteiger partial charge is 0.185 e. The molecule has 0 aliphatic carbocycles. The quantitative estimate of drug-likeness (QED) is 0.497. The fourth-order valence-corrected chi connectivity index (χ4v) is 3.45. The summed E-state index contributed by atoms with van der Waals surface area (Å²) in [7, 11) is 0. The predicted octanol–water partition coefficient (Wildman–Crippen LogP) is 3.56. The Hall–Kier alpha value is -2.25. The molecule has 0 aliphatic rings. The van der Waals surface area contributed by atoms with E-state index in [1.54, 1.807) is 17.7 Å². The van der Waals surface area contributed by atoms with Gasteiger partial charge >= 0.3 is 0 Å². The number of hydrogen-bond acceptors (Lipinski definition) is 5. The maximum atomic E-state index is 5.21. The van der Waals surface area contributed by atoms with E-state index >= 15 is 0 Å². The van der Waals surface area contributed by atoms with Crippen LogP contribution in [0.2, 0.25) is 0 Å². The molecule has 3 N–H and O–H groups in total. The molecular formula is C16H17N5S2. The summed E-state index contributed by atoms with van der Waals surface area (Å²) in [4.78, 5) is 9.81. The van der Waals surface area contributed by atoms with Crippen LogP contribution in [-0.2, 0) is 0 Å². The van der Waals surface area contributed by atoms with Gasteiger partial charge in [-0.25, -0.2) is 9.97 Å². The van der Waals surface area contributed by atoms with Gasteiger partial charge in [0.05, 0.1) is 10.2 Å². The van der Waals surface area contributed by atoms with Crippen molar-refractivity contribution in [3.05, 3.63) is 42.7 Å². The van der Waals surface area contributed by atoms with E-state index < -0.39 is 0 Å². The minimum Gasteiger partial charge on any atom is -0.359 e. The molecule has 0 spiro atoms. The number of thiophene rings is 1. The van der Waals surface area contributed by atoms with Gasteiger partial charge in [0.1, 0.15) is 6.33 Å². The molecule has 0 bridgehead atoms. The average molecular weight is 343 g/mol. The van der Waals surface area contributed by atoms with Crippen molar-refractivity contribution in [2.45, 2.75) is 19.9 Å². The molecule has 3 aromatic rings. The molecule has 1 aromatic carbocycles. The first-order valence-corrected chi connectivity index (χ1v) is 8.48. The number of thiocarbonyl (C=S) groups is 1. The van der Waals surface area contributed by atoms with Crippen LogP contribution in [0, 0.1) is 0 Å². The van der Waals surface area contributed by atoms with Crippen LogP contribution in [0.5, 0.6) is 0 Å². The molecule has 0 saturated heterocycles. The number of fused-ring (bicyclic) bond motifs is 1. The lowest BCUT2D eigenvalue weighted by Gasteiger charge is -2.14. The lowest BCUT2D eigenvalue weighted by molar-refractivity contribution is 0.724. The van der Waals surface area contributed by atoms with Crippen LogP contribution in [0.15, 0.2) is 42.7 Å². The Bertz CT molecular complexity index is 814. The van der Waals surface area contributed by atoms with Crippen LogP contribution < -0.4 is 16.2 Å². The zero-order valence-corrected chi connectivity index (χ0v) is 14.5. The topological polar surface area (TPSA) is 61.9 Å². The van der Waals surface area contributed by atoms with E-state index in [0.717, 1.165) is 20.9 Å². The number of hydrogen-bond donors (Lipinski definition) is 3. The van der Waals surface area contributed by atoms with Gasteiger partial charge in [0.25, 0.3) is 0 Å². The fourth-order valence-electron chi connectivity index (χ4n) is 2.10. The summed E-state index contributed by atoms with van der Waals surface area (Å²) < 4.78 is 0.992. The third-order valence-corrected chi connectivity index (χ3v) is 4.48. The van der Waals surface area contributed by atoms with Crippen molar-refractivity contribution in [1.82, 2.24) is 20.7 Å². The summed E-state index contributed by atoms with van der Waals surface area (Å²) in [6.45, 7) is 4.06. The van der Waals surface area contributed by atoms with Gasteiger partial charge in [-0.1, -0.05) is 30.3 Å². The summed E-state index contributed by atoms with van der Waals surface area (Å²) in [5.41, 5.74) is 8.11. The van der Waals surface area contributed by atoms with E-state index in [4.69, 9.17) is 12.2 Å². The Kier molecular flexibility index (Phi) is 4.68. The Morgan fingerprint density at radius 2 is 1.96 bits per heavy atom. The number of benzene rings is 1. The van der Waals surface area contributed by atoms with Crippen molar-refractivity contribution < 1.29 is 0 Å². The predicted molar refractivity (Wildman–Crippen MR) is 100 cm³/mol. The Labute approximate surface area is 144 Å². The van der Waals surface area contributed by atoms with Gasteiger partial charge in [-0.3, -0.25) is 10.9 Å². The van der Waals surface area contributed by atoms with Crippen molar-refractivity contribution in [3.63, 3.8) is 0 Å². The molecule has 0 atom stereocenters. The molecule has 0 amide bonds. The van der Waals surface area contributed by atoms with E-state index in [1.165, 1.54) is 5.56 Å². The van der Waals surface area contributed by atoms with Crippen LogP contribution in [0.25, 0.3) is 20.7 Å². The molecule has 0 saturated carbocycles. The summed E-state index contributed by atoms with van der Waals surface area (Å²) >= 11 is 6.86. The van der Waals surface area contributed by atoms with Crippen molar-refractivity contribution in [3.8, 4) is 10.4 Å². The normalized spacial score (nSPS) is 10.7. The lowest BCUT2D eigenvalue weighted by atomic mass is 10.2. The standard InChI is InChI=1S/C16H17N5S2/c1-10(2)19-16(22)21-20-15-14-12(17-9-18-15)8-13(23-14)11-6-4-3-5-7-11/h3-10H,1-2H3,(H,17,18,20)(H2,19,21,22). The molecule has 23 heavy (non-hydrogen) atoms. The van der Waals surface area contributed by atoms with Crippen molar-refractivity contribution in [2.75, 3.05) is 5.43 Å². The molecule has 2 aromatic heterocycles.